The van der Waals surface area contributed by atoms with Gasteiger partial charge in [-0.05, 0) is 116 Å². The average molecular weight is 899 g/mol. The predicted molar refractivity (Wildman–Crippen MR) is 220 cm³/mol. The molecule has 3 saturated carbocycles. The number of alkyl halides is 6. The molecule has 1 aliphatic heterocycles. The third-order valence-corrected chi connectivity index (χ3v) is 17.0. The fourth-order valence-electron chi connectivity index (χ4n) is 13.3. The molecule has 4 N–H and O–H groups in total. The molecule has 0 aromatic heterocycles. The summed E-state index contributed by atoms with van der Waals surface area (Å²) in [6, 6.07) is -0.473. The largest absolute Gasteiger partial charge is 0.481 e. The summed E-state index contributed by atoms with van der Waals surface area (Å²) < 4.78 is 98.5. The number of nitrogens with two attached hydrogens (primary N) is 1. The summed E-state index contributed by atoms with van der Waals surface area (Å²) in [4.78, 5) is 52.5. The number of nitrogens with one attached hydrogen (secondary N) is 1. The van der Waals surface area contributed by atoms with Crippen LogP contribution in [-0.2, 0) is 40.9 Å². The monoisotopic (exact) mass is 898 g/mol. The van der Waals surface area contributed by atoms with Crippen molar-refractivity contribution in [2.75, 3.05) is 19.8 Å². The highest BCUT2D eigenvalue weighted by Crippen LogP contribution is 2.75. The average Bonchev–Trinajstić information content (AvgIpc) is 3.17. The first-order valence-electron chi connectivity index (χ1n) is 22.3. The van der Waals surface area contributed by atoms with Crippen LogP contribution in [0.25, 0.3) is 0 Å². The fourth-order valence-corrected chi connectivity index (χ4v) is 13.3. The first kappa shape index (κ1) is 48.8. The van der Waals surface area contributed by atoms with Crippen LogP contribution in [0.5, 0.6) is 0 Å². The first-order valence-corrected chi connectivity index (χ1v) is 22.3. The minimum absolute atomic E-state index is 0.0206. The maximum atomic E-state index is 13.7. The molecule has 2 bridgehead atoms. The van der Waals surface area contributed by atoms with Gasteiger partial charge in [0.05, 0.1) is 30.3 Å². The molecule has 1 aromatic carbocycles. The molecule has 4 aliphatic carbocycles. The Bertz CT molecular complexity index is 1960. The van der Waals surface area contributed by atoms with Gasteiger partial charge in [0.1, 0.15) is 18.2 Å². The van der Waals surface area contributed by atoms with Crippen LogP contribution in [0.3, 0.4) is 0 Å². The Kier molecular flexibility index (Phi) is 13.1. The van der Waals surface area contributed by atoms with Crippen LogP contribution >= 0.6 is 0 Å². The van der Waals surface area contributed by atoms with Gasteiger partial charge in [-0.15, -0.1) is 0 Å². The Hall–Kier alpha value is -3.66. The van der Waals surface area contributed by atoms with Gasteiger partial charge in [-0.25, -0.2) is 0 Å². The Balaban J connectivity index is 1.16. The molecule has 1 heterocycles. The molecule has 1 aromatic rings. The molecule has 352 valence electrons. The van der Waals surface area contributed by atoms with Gasteiger partial charge in [0.15, 0.2) is 0 Å². The summed E-state index contributed by atoms with van der Waals surface area (Å²) >= 11 is 0. The van der Waals surface area contributed by atoms with E-state index in [4.69, 9.17) is 19.9 Å². The van der Waals surface area contributed by atoms with Gasteiger partial charge in [0, 0.05) is 29.9 Å². The minimum atomic E-state index is -5.10. The van der Waals surface area contributed by atoms with Crippen LogP contribution in [0.1, 0.15) is 135 Å². The van der Waals surface area contributed by atoms with Gasteiger partial charge in [-0.2, -0.15) is 26.3 Å². The van der Waals surface area contributed by atoms with Gasteiger partial charge in [0.25, 0.3) is 5.91 Å². The van der Waals surface area contributed by atoms with Crippen molar-refractivity contribution in [3.05, 3.63) is 46.5 Å². The zero-order valence-electron chi connectivity index (χ0n) is 37.6. The van der Waals surface area contributed by atoms with Crippen molar-refractivity contribution in [3.63, 3.8) is 0 Å². The summed E-state index contributed by atoms with van der Waals surface area (Å²) in [7, 11) is 0. The molecule has 0 radical (unpaired) electrons. The summed E-state index contributed by atoms with van der Waals surface area (Å²) in [6.45, 7) is 17.0. The van der Waals surface area contributed by atoms with Crippen LogP contribution in [0.15, 0.2) is 29.8 Å². The number of rotatable bonds is 12. The smallest absolute Gasteiger partial charge is 0.416 e. The second-order valence-corrected chi connectivity index (χ2v) is 20.7. The highest BCUT2D eigenvalue weighted by Gasteiger charge is 2.72. The molecule has 5 aliphatic rings. The van der Waals surface area contributed by atoms with Gasteiger partial charge < -0.3 is 30.4 Å². The van der Waals surface area contributed by atoms with Gasteiger partial charge in [-0.3, -0.25) is 19.2 Å². The molecule has 10 nitrogen and oxygen atoms in total. The number of halogens is 6. The quantitative estimate of drug-likeness (QED) is 0.0806. The molecular weight excluding hydrogens is 835 g/mol. The number of hydrogen-bond donors (Lipinski definition) is 3. The molecule has 16 heteroatoms. The summed E-state index contributed by atoms with van der Waals surface area (Å²) in [5.74, 6) is -3.15. The van der Waals surface area contributed by atoms with Crippen molar-refractivity contribution in [3.8, 4) is 0 Å². The maximum absolute atomic E-state index is 13.7. The van der Waals surface area contributed by atoms with Crippen molar-refractivity contribution in [1.29, 1.82) is 0 Å². The second kappa shape index (κ2) is 17.0. The van der Waals surface area contributed by atoms with Gasteiger partial charge >= 0.3 is 30.3 Å². The Morgan fingerprint density at radius 2 is 1.54 bits per heavy atom. The third kappa shape index (κ3) is 8.42. The fraction of sp³-hybridized carbons (Fsp3) is 0.745. The highest BCUT2D eigenvalue weighted by molar-refractivity contribution is 5.94. The number of fused-ring (bicyclic) bond motifs is 3. The van der Waals surface area contributed by atoms with E-state index in [2.05, 4.69) is 52.9 Å². The third-order valence-electron chi connectivity index (χ3n) is 17.0. The number of amides is 1. The number of ether oxygens (including phenoxy) is 3. The van der Waals surface area contributed by atoms with Crippen LogP contribution in [0.4, 0.5) is 26.3 Å². The lowest BCUT2D eigenvalue weighted by Crippen LogP contribution is -2.70. The van der Waals surface area contributed by atoms with E-state index >= 15 is 0 Å². The van der Waals surface area contributed by atoms with Crippen molar-refractivity contribution >= 4 is 23.8 Å². The normalized spacial score (nSPS) is 36.1. The van der Waals surface area contributed by atoms with E-state index < -0.39 is 98.7 Å². The van der Waals surface area contributed by atoms with Crippen LogP contribution < -0.4 is 11.1 Å². The van der Waals surface area contributed by atoms with Crippen molar-refractivity contribution < 1.29 is 64.8 Å². The van der Waals surface area contributed by atoms with Crippen molar-refractivity contribution in [2.45, 2.75) is 144 Å². The molecular formula is C47H64F6N2O8. The molecule has 63 heavy (non-hydrogen) atoms. The van der Waals surface area contributed by atoms with E-state index in [9.17, 15) is 50.6 Å². The number of carboxylic acids is 1. The number of carbonyl (C=O) groups is 4. The highest BCUT2D eigenvalue weighted by atomic mass is 19.4. The standard InChI is InChI=1S/C47H64F6N2O8/c1-25(2)26(3)41(5)16-17-43(7)31-12-13-35-42(6)23-61-24-45(35,32(31)14-15-44(43,8)36(41)39(58)59)22-34(62-27(4)56)37(42)63-40(60)33(54)11-9-10-18-55-38(57)28-19-29(46(48,49)50)21-30(20-28)47(51,52)53/h14,19-21,25-26,31,33-37H,9-13,15-18,22-24,54H2,1-8H3,(H,55,57)(H,58,59)/t26-,31+,33?,34-,35+,36-,37+,41-,42-,43-,44+,45+/m1/s1. The first-order chi connectivity index (χ1) is 29.1. The molecule has 0 spiro atoms. The molecule has 1 unspecified atom stereocenters. The maximum Gasteiger partial charge on any atom is 0.416 e. The molecule has 1 saturated heterocycles. The number of carbonyl (C=O) groups excluding carboxylic acids is 3. The lowest BCUT2D eigenvalue weighted by molar-refractivity contribution is -0.263. The van der Waals surface area contributed by atoms with Crippen LogP contribution in [-0.4, -0.2) is 66.9 Å². The lowest BCUT2D eigenvalue weighted by Gasteiger charge is -2.71. The van der Waals surface area contributed by atoms with Gasteiger partial charge in [0.2, 0.25) is 0 Å². The van der Waals surface area contributed by atoms with E-state index in [0.29, 0.717) is 37.5 Å². The lowest BCUT2D eigenvalue weighted by atomic mass is 9.34. The number of unbranched alkanes of at least 4 members (excludes halogenated alkanes) is 1. The van der Waals surface area contributed by atoms with Gasteiger partial charge in [-0.1, -0.05) is 60.1 Å². The Morgan fingerprint density at radius 1 is 0.905 bits per heavy atom. The number of esters is 2. The molecule has 1 amide bonds. The molecule has 4 fully saturated rings. The summed E-state index contributed by atoms with van der Waals surface area (Å²) in [5.41, 5.74) is 0.952. The van der Waals surface area contributed by atoms with Crippen LogP contribution in [0, 0.1) is 56.7 Å². The summed E-state index contributed by atoms with van der Waals surface area (Å²) in [5, 5.41) is 13.4. The number of aliphatic carboxylic acids is 1. The van der Waals surface area contributed by atoms with E-state index in [0.717, 1.165) is 25.7 Å². The molecule has 12 atom stereocenters. The van der Waals surface area contributed by atoms with E-state index in [1.807, 2.05) is 6.92 Å². The number of hydrogen-bond acceptors (Lipinski definition) is 8. The predicted octanol–water partition coefficient (Wildman–Crippen LogP) is 9.38. The Labute approximate surface area is 365 Å². The van der Waals surface area contributed by atoms with Crippen molar-refractivity contribution in [1.82, 2.24) is 5.32 Å². The minimum Gasteiger partial charge on any atom is -0.481 e. The second-order valence-electron chi connectivity index (χ2n) is 20.7. The molecule has 6 rings (SSSR count). The van der Waals surface area contributed by atoms with E-state index in [-0.39, 0.29) is 61.6 Å². The number of allylic oxidation sites excluding steroid dienone is 1. The van der Waals surface area contributed by atoms with E-state index in [1.165, 1.54) is 12.5 Å². The van der Waals surface area contributed by atoms with E-state index in [1.54, 1.807) is 0 Å². The zero-order valence-corrected chi connectivity index (χ0v) is 37.6. The summed E-state index contributed by atoms with van der Waals surface area (Å²) in [6.07, 6.45) is -4.96. The number of benzene rings is 1. The number of carboxylic acid groups (broad SMARTS) is 1. The van der Waals surface area contributed by atoms with Crippen LogP contribution in [0.2, 0.25) is 0 Å². The zero-order chi connectivity index (χ0) is 46.9. The Morgan fingerprint density at radius 3 is 2.11 bits per heavy atom. The van der Waals surface area contributed by atoms with Crippen molar-refractivity contribution in [2.24, 2.45) is 62.4 Å². The SMILES string of the molecule is CC(=O)O[C@@H]1C[C@@]23COC[C@](C)([C@@H]2CC[C@H]2C3=CC[C@@]3(C)[C@H](C(=O)O)[C@@](C)([C@H](C)C(C)C)CC[C@]23C)[C@H]1OC(=O)C(N)CCCCNC(=O)c1cc(C(F)(F)F)cc(C(F)(F)F)c1. The topological polar surface area (TPSA) is 154 Å².